The fourth-order valence-electron chi connectivity index (χ4n) is 3.23. The Morgan fingerprint density at radius 1 is 1.28 bits per heavy atom. The maximum Gasteiger partial charge on any atom is 0.490 e. The normalized spacial score (nSPS) is 19.2. The molecule has 3 heterocycles. The van der Waals surface area contributed by atoms with E-state index in [-0.39, 0.29) is 5.92 Å². The number of aliphatic carboxylic acids is 1. The van der Waals surface area contributed by atoms with Gasteiger partial charge in [-0.25, -0.2) is 14.8 Å². The summed E-state index contributed by atoms with van der Waals surface area (Å²) in [6.07, 6.45) is 6.25. The molecular formula is C18H17F3N6O2. The van der Waals surface area contributed by atoms with Crippen molar-refractivity contribution >= 4 is 17.0 Å². The summed E-state index contributed by atoms with van der Waals surface area (Å²) in [5.41, 5.74) is 2.75. The predicted octanol–water partition coefficient (Wildman–Crippen LogP) is 3.71. The molecule has 1 fully saturated rings. The van der Waals surface area contributed by atoms with Gasteiger partial charge >= 0.3 is 12.1 Å². The molecule has 1 aliphatic carbocycles. The molecule has 0 aliphatic heterocycles. The number of carbonyl (C=O) groups is 1. The highest BCUT2D eigenvalue weighted by molar-refractivity contribution is 5.89. The van der Waals surface area contributed by atoms with Crippen LogP contribution in [0, 0.1) is 17.2 Å². The van der Waals surface area contributed by atoms with Crippen LogP contribution in [0.3, 0.4) is 0 Å². The van der Waals surface area contributed by atoms with Gasteiger partial charge in [-0.1, -0.05) is 0 Å². The van der Waals surface area contributed by atoms with Crippen LogP contribution in [0.1, 0.15) is 31.7 Å². The number of carboxylic acid groups (broad SMARTS) is 1. The van der Waals surface area contributed by atoms with Crippen LogP contribution < -0.4 is 0 Å². The summed E-state index contributed by atoms with van der Waals surface area (Å²) in [7, 11) is 0. The number of nitrogens with one attached hydrogen (secondary N) is 1. The third-order valence-corrected chi connectivity index (χ3v) is 4.72. The first-order valence-corrected chi connectivity index (χ1v) is 8.82. The maximum atomic E-state index is 10.6. The van der Waals surface area contributed by atoms with Crippen molar-refractivity contribution in [2.75, 3.05) is 0 Å². The molecule has 152 valence electrons. The first kappa shape index (κ1) is 20.3. The molecule has 1 aliphatic rings. The molecule has 3 aromatic rings. The number of aromatic nitrogens is 5. The second-order valence-electron chi connectivity index (χ2n) is 6.61. The Labute approximate surface area is 163 Å². The van der Waals surface area contributed by atoms with Crippen LogP contribution in [-0.4, -0.2) is 42.0 Å². The molecule has 1 saturated carbocycles. The van der Waals surface area contributed by atoms with E-state index in [0.29, 0.717) is 6.04 Å². The highest BCUT2D eigenvalue weighted by Crippen LogP contribution is 2.33. The molecule has 4 rings (SSSR count). The van der Waals surface area contributed by atoms with Crippen LogP contribution in [0.25, 0.3) is 22.3 Å². The minimum absolute atomic E-state index is 0.215. The number of carboxylic acids is 1. The summed E-state index contributed by atoms with van der Waals surface area (Å²) in [6, 6.07) is 4.75. The first-order valence-electron chi connectivity index (χ1n) is 8.82. The van der Waals surface area contributed by atoms with E-state index in [0.717, 1.165) is 48.0 Å². The van der Waals surface area contributed by atoms with Crippen molar-refractivity contribution in [3.8, 4) is 17.3 Å². The lowest BCUT2D eigenvalue weighted by atomic mass is 9.87. The van der Waals surface area contributed by atoms with Gasteiger partial charge in [-0.2, -0.15) is 23.5 Å². The van der Waals surface area contributed by atoms with Gasteiger partial charge in [0.25, 0.3) is 0 Å². The molecule has 0 saturated heterocycles. The first-order chi connectivity index (χ1) is 13.8. The van der Waals surface area contributed by atoms with Crippen molar-refractivity contribution in [2.45, 2.75) is 37.9 Å². The fraction of sp³-hybridized carbons (Fsp3) is 0.389. The lowest BCUT2D eigenvalue weighted by Gasteiger charge is -2.24. The number of hydrogen-bond acceptors (Lipinski definition) is 5. The number of nitriles is 1. The van der Waals surface area contributed by atoms with E-state index in [9.17, 15) is 13.2 Å². The minimum Gasteiger partial charge on any atom is -0.475 e. The molecule has 0 aromatic carbocycles. The van der Waals surface area contributed by atoms with Gasteiger partial charge in [0.2, 0.25) is 0 Å². The van der Waals surface area contributed by atoms with Gasteiger partial charge in [-0.05, 0) is 31.7 Å². The zero-order valence-corrected chi connectivity index (χ0v) is 15.1. The van der Waals surface area contributed by atoms with Gasteiger partial charge < -0.3 is 10.1 Å². The smallest absolute Gasteiger partial charge is 0.475 e. The van der Waals surface area contributed by atoms with Crippen molar-refractivity contribution in [3.05, 3.63) is 31.0 Å². The Morgan fingerprint density at radius 3 is 2.59 bits per heavy atom. The van der Waals surface area contributed by atoms with Gasteiger partial charge in [0.1, 0.15) is 12.0 Å². The average Bonchev–Trinajstić information content (AvgIpc) is 3.37. The third kappa shape index (κ3) is 4.71. The molecule has 0 atom stereocenters. The molecular weight excluding hydrogens is 389 g/mol. The van der Waals surface area contributed by atoms with Crippen molar-refractivity contribution in [3.63, 3.8) is 0 Å². The molecule has 0 amide bonds. The van der Waals surface area contributed by atoms with Crippen molar-refractivity contribution in [1.29, 1.82) is 5.26 Å². The van der Waals surface area contributed by atoms with Gasteiger partial charge in [0.15, 0.2) is 0 Å². The SMILES string of the molecule is N#CC1CCC(n2cc(-c3ncnc4[nH]ccc34)cn2)CC1.O=C(O)C(F)(F)F. The molecule has 8 nitrogen and oxygen atoms in total. The molecule has 2 N–H and O–H groups in total. The molecule has 29 heavy (non-hydrogen) atoms. The second-order valence-corrected chi connectivity index (χ2v) is 6.61. The van der Waals surface area contributed by atoms with Gasteiger partial charge in [-0.3, -0.25) is 4.68 Å². The van der Waals surface area contributed by atoms with Gasteiger partial charge in [0, 0.05) is 29.3 Å². The lowest BCUT2D eigenvalue weighted by Crippen LogP contribution is -2.21. The number of nitrogens with zero attached hydrogens (tertiary/aromatic N) is 5. The van der Waals surface area contributed by atoms with Gasteiger partial charge in [0.05, 0.1) is 24.0 Å². The maximum absolute atomic E-state index is 10.6. The molecule has 0 radical (unpaired) electrons. The van der Waals surface area contributed by atoms with E-state index in [4.69, 9.17) is 15.2 Å². The number of halogens is 3. The molecule has 0 bridgehead atoms. The molecule has 0 spiro atoms. The van der Waals surface area contributed by atoms with Crippen LogP contribution in [0.4, 0.5) is 13.2 Å². The number of H-pyrrole nitrogens is 1. The van der Waals surface area contributed by atoms with Crippen molar-refractivity contribution in [2.24, 2.45) is 5.92 Å². The number of hydrogen-bond donors (Lipinski definition) is 2. The van der Waals surface area contributed by atoms with Crippen LogP contribution in [0.15, 0.2) is 31.0 Å². The third-order valence-electron chi connectivity index (χ3n) is 4.72. The van der Waals surface area contributed by atoms with E-state index in [1.165, 1.54) is 0 Å². The summed E-state index contributed by atoms with van der Waals surface area (Å²) in [5.74, 6) is -2.54. The van der Waals surface area contributed by atoms with Crippen LogP contribution in [-0.2, 0) is 4.79 Å². The Kier molecular flexibility index (Phi) is 5.81. The van der Waals surface area contributed by atoms with Crippen LogP contribution in [0.2, 0.25) is 0 Å². The number of fused-ring (bicyclic) bond motifs is 1. The van der Waals surface area contributed by atoms with Crippen LogP contribution in [0.5, 0.6) is 0 Å². The highest BCUT2D eigenvalue weighted by Gasteiger charge is 2.38. The number of alkyl halides is 3. The number of aromatic amines is 1. The van der Waals surface area contributed by atoms with E-state index in [1.807, 2.05) is 23.1 Å². The highest BCUT2D eigenvalue weighted by atomic mass is 19.4. The summed E-state index contributed by atoms with van der Waals surface area (Å²) in [4.78, 5) is 20.6. The summed E-state index contributed by atoms with van der Waals surface area (Å²) < 4.78 is 33.8. The molecule has 0 unspecified atom stereocenters. The zero-order chi connectivity index (χ0) is 21.0. The monoisotopic (exact) mass is 406 g/mol. The average molecular weight is 406 g/mol. The van der Waals surface area contributed by atoms with Crippen molar-refractivity contribution < 1.29 is 23.1 Å². The molecule has 3 aromatic heterocycles. The number of rotatable bonds is 2. The Bertz CT molecular complexity index is 1030. The standard InChI is InChI=1S/C16H16N6.C2HF3O2/c17-7-11-1-3-13(4-2-11)22-9-12(8-21-22)15-14-5-6-18-16(14)20-10-19-15;3-2(4,5)1(6)7/h5-6,8-11,13H,1-4H2,(H,18,19,20);(H,6,7). The molecule has 11 heteroatoms. The fourth-order valence-corrected chi connectivity index (χ4v) is 3.23. The van der Waals surface area contributed by atoms with Gasteiger partial charge in [-0.15, -0.1) is 0 Å². The minimum atomic E-state index is -5.08. The summed E-state index contributed by atoms with van der Waals surface area (Å²) in [6.45, 7) is 0. The second kappa shape index (κ2) is 8.30. The Hall–Kier alpha value is -3.42. The summed E-state index contributed by atoms with van der Waals surface area (Å²) in [5, 5.41) is 21.6. The Balaban J connectivity index is 0.000000298. The zero-order valence-electron chi connectivity index (χ0n) is 15.1. The summed E-state index contributed by atoms with van der Waals surface area (Å²) >= 11 is 0. The predicted molar refractivity (Wildman–Crippen MR) is 95.4 cm³/mol. The van der Waals surface area contributed by atoms with E-state index in [2.05, 4.69) is 32.3 Å². The van der Waals surface area contributed by atoms with E-state index >= 15 is 0 Å². The van der Waals surface area contributed by atoms with Crippen LogP contribution >= 0.6 is 0 Å². The van der Waals surface area contributed by atoms with Crippen molar-refractivity contribution in [1.82, 2.24) is 24.7 Å². The quantitative estimate of drug-likeness (QED) is 0.669. The van der Waals surface area contributed by atoms with E-state index < -0.39 is 12.1 Å². The topological polar surface area (TPSA) is 120 Å². The largest absolute Gasteiger partial charge is 0.490 e. The van der Waals surface area contributed by atoms with E-state index in [1.54, 1.807) is 6.33 Å². The lowest BCUT2D eigenvalue weighted by molar-refractivity contribution is -0.192. The Morgan fingerprint density at radius 2 is 1.97 bits per heavy atom.